The van der Waals surface area contributed by atoms with Gasteiger partial charge in [-0.05, 0) is 62.8 Å². The second-order valence-electron chi connectivity index (χ2n) is 7.27. The molecule has 0 spiro atoms. The Labute approximate surface area is 154 Å². The zero-order valence-corrected chi connectivity index (χ0v) is 15.4. The van der Waals surface area contributed by atoms with Crippen molar-refractivity contribution in [3.63, 3.8) is 0 Å². The van der Waals surface area contributed by atoms with Gasteiger partial charge in [-0.25, -0.2) is 9.59 Å². The van der Waals surface area contributed by atoms with Gasteiger partial charge < -0.3 is 14.7 Å². The van der Waals surface area contributed by atoms with E-state index in [0.717, 1.165) is 45.4 Å². The largest absolute Gasteiger partial charge is 0.478 e. The van der Waals surface area contributed by atoms with E-state index >= 15 is 0 Å². The third kappa shape index (κ3) is 4.55. The molecule has 1 aromatic carbocycles. The highest BCUT2D eigenvalue weighted by atomic mass is 16.6. The molecule has 0 aromatic heterocycles. The minimum atomic E-state index is -0.877. The predicted octanol–water partition coefficient (Wildman–Crippen LogP) is 2.87. The number of rotatable bonds is 5. The van der Waals surface area contributed by atoms with Crippen LogP contribution in [0.5, 0.6) is 0 Å². The number of hydrogen-bond donors (Lipinski definition) is 1. The van der Waals surface area contributed by atoms with E-state index in [1.165, 1.54) is 12.0 Å². The van der Waals surface area contributed by atoms with E-state index in [1.54, 1.807) is 12.1 Å². The van der Waals surface area contributed by atoms with Crippen LogP contribution in [-0.4, -0.2) is 65.8 Å². The van der Waals surface area contributed by atoms with E-state index in [4.69, 9.17) is 9.84 Å². The fourth-order valence-corrected chi connectivity index (χ4v) is 4.11. The van der Waals surface area contributed by atoms with E-state index in [2.05, 4.69) is 4.90 Å². The molecule has 2 saturated heterocycles. The minimum Gasteiger partial charge on any atom is -0.478 e. The first-order valence-corrected chi connectivity index (χ1v) is 9.54. The van der Waals surface area contributed by atoms with Crippen molar-refractivity contribution in [3.05, 3.63) is 35.4 Å². The van der Waals surface area contributed by atoms with Crippen LogP contribution in [0.25, 0.3) is 0 Å². The number of carbonyl (C=O) groups excluding carboxylic acids is 1. The smallest absolute Gasteiger partial charge is 0.409 e. The van der Waals surface area contributed by atoms with Gasteiger partial charge in [0.25, 0.3) is 0 Å². The molecule has 1 aromatic rings. The summed E-state index contributed by atoms with van der Waals surface area (Å²) in [5, 5.41) is 8.98. The van der Waals surface area contributed by atoms with Gasteiger partial charge >= 0.3 is 12.1 Å². The summed E-state index contributed by atoms with van der Waals surface area (Å²) in [6.07, 6.45) is 4.02. The second kappa shape index (κ2) is 8.54. The third-order valence-corrected chi connectivity index (χ3v) is 5.55. The maximum absolute atomic E-state index is 11.8. The van der Waals surface area contributed by atoms with E-state index < -0.39 is 5.97 Å². The number of benzene rings is 1. The molecule has 2 fully saturated rings. The lowest BCUT2D eigenvalue weighted by molar-refractivity contribution is 0.0696. The number of amides is 1. The van der Waals surface area contributed by atoms with Crippen LogP contribution in [0, 0.1) is 5.92 Å². The van der Waals surface area contributed by atoms with Crippen molar-refractivity contribution in [3.8, 4) is 0 Å². The molecule has 142 valence electrons. The van der Waals surface area contributed by atoms with Crippen LogP contribution in [0.4, 0.5) is 4.79 Å². The van der Waals surface area contributed by atoms with Gasteiger partial charge in [-0.2, -0.15) is 0 Å². The molecular weight excluding hydrogens is 332 g/mol. The fraction of sp³-hybridized carbons (Fsp3) is 0.600. The van der Waals surface area contributed by atoms with E-state index in [0.29, 0.717) is 24.1 Å². The molecule has 6 heteroatoms. The maximum Gasteiger partial charge on any atom is 0.409 e. The van der Waals surface area contributed by atoms with E-state index in [1.807, 2.05) is 24.0 Å². The average molecular weight is 360 g/mol. The van der Waals surface area contributed by atoms with Crippen LogP contribution < -0.4 is 0 Å². The van der Waals surface area contributed by atoms with Gasteiger partial charge in [0.1, 0.15) is 0 Å². The van der Waals surface area contributed by atoms with Gasteiger partial charge in [0.05, 0.1) is 12.2 Å². The zero-order chi connectivity index (χ0) is 18.5. The Morgan fingerprint density at radius 1 is 1.12 bits per heavy atom. The standard InChI is InChI=1S/C20H28N2O4/c1-2-26-20(25)21-11-8-18(9-12-21)22-10-7-16(14-22)13-15-3-5-17(6-4-15)19(23)24/h3-6,16,18H,2,7-14H2,1H3,(H,23,24). The van der Waals surface area contributed by atoms with E-state index in [9.17, 15) is 9.59 Å². The van der Waals surface area contributed by atoms with Crippen molar-refractivity contribution in [1.29, 1.82) is 0 Å². The summed E-state index contributed by atoms with van der Waals surface area (Å²) in [5.74, 6) is -0.258. The Balaban J connectivity index is 1.45. The Kier molecular flexibility index (Phi) is 6.14. The van der Waals surface area contributed by atoms with Gasteiger partial charge in [-0.1, -0.05) is 12.1 Å². The molecule has 1 atom stereocenters. The number of likely N-dealkylation sites (tertiary alicyclic amines) is 2. The highest BCUT2D eigenvalue weighted by Crippen LogP contribution is 2.27. The van der Waals surface area contributed by atoms with Crippen LogP contribution in [-0.2, 0) is 11.2 Å². The van der Waals surface area contributed by atoms with Crippen LogP contribution in [0.1, 0.15) is 42.1 Å². The van der Waals surface area contributed by atoms with Crippen molar-refractivity contribution in [2.45, 2.75) is 38.6 Å². The number of carboxylic acid groups (broad SMARTS) is 1. The molecule has 6 nitrogen and oxygen atoms in total. The van der Waals surface area contributed by atoms with Gasteiger partial charge in [0.15, 0.2) is 0 Å². The first-order valence-electron chi connectivity index (χ1n) is 9.54. The molecule has 2 aliphatic heterocycles. The van der Waals surface area contributed by atoms with Crippen LogP contribution in [0.15, 0.2) is 24.3 Å². The lowest BCUT2D eigenvalue weighted by atomic mass is 9.97. The van der Waals surface area contributed by atoms with Gasteiger partial charge in [-0.3, -0.25) is 4.90 Å². The van der Waals surface area contributed by atoms with Crippen molar-refractivity contribution >= 4 is 12.1 Å². The number of ether oxygens (including phenoxy) is 1. The Bertz CT molecular complexity index is 623. The Morgan fingerprint density at radius 3 is 2.42 bits per heavy atom. The highest BCUT2D eigenvalue weighted by molar-refractivity contribution is 5.87. The van der Waals surface area contributed by atoms with Crippen molar-refractivity contribution in [1.82, 2.24) is 9.80 Å². The number of hydrogen-bond acceptors (Lipinski definition) is 4. The summed E-state index contributed by atoms with van der Waals surface area (Å²) in [6.45, 7) is 6.03. The Hall–Kier alpha value is -2.08. The monoisotopic (exact) mass is 360 g/mol. The summed E-state index contributed by atoms with van der Waals surface area (Å²) in [4.78, 5) is 27.1. The number of nitrogens with zero attached hydrogens (tertiary/aromatic N) is 2. The summed E-state index contributed by atoms with van der Waals surface area (Å²) < 4.78 is 5.09. The number of carbonyl (C=O) groups is 2. The summed E-state index contributed by atoms with van der Waals surface area (Å²) in [5.41, 5.74) is 1.55. The van der Waals surface area contributed by atoms with E-state index in [-0.39, 0.29) is 6.09 Å². The van der Waals surface area contributed by atoms with Gasteiger partial charge in [0, 0.05) is 25.7 Å². The molecule has 0 bridgehead atoms. The first-order chi connectivity index (χ1) is 12.6. The minimum absolute atomic E-state index is 0.185. The number of aromatic carboxylic acids is 1. The summed E-state index contributed by atoms with van der Waals surface area (Å²) >= 11 is 0. The molecule has 26 heavy (non-hydrogen) atoms. The van der Waals surface area contributed by atoms with Crippen molar-refractivity contribution in [2.24, 2.45) is 5.92 Å². The topological polar surface area (TPSA) is 70.1 Å². The Morgan fingerprint density at radius 2 is 1.81 bits per heavy atom. The SMILES string of the molecule is CCOC(=O)N1CCC(N2CCC(Cc3ccc(C(=O)O)cc3)C2)CC1. The molecule has 0 aliphatic carbocycles. The summed E-state index contributed by atoms with van der Waals surface area (Å²) in [7, 11) is 0. The molecule has 0 saturated carbocycles. The fourth-order valence-electron chi connectivity index (χ4n) is 4.11. The molecule has 1 N–H and O–H groups in total. The third-order valence-electron chi connectivity index (χ3n) is 5.55. The zero-order valence-electron chi connectivity index (χ0n) is 15.4. The molecule has 0 radical (unpaired) electrons. The average Bonchev–Trinajstić information content (AvgIpc) is 3.11. The van der Waals surface area contributed by atoms with Crippen molar-refractivity contribution < 1.29 is 19.4 Å². The lowest BCUT2D eigenvalue weighted by Gasteiger charge is -2.36. The van der Waals surface area contributed by atoms with Crippen LogP contribution >= 0.6 is 0 Å². The predicted molar refractivity (Wildman–Crippen MR) is 98.4 cm³/mol. The first kappa shape index (κ1) is 18.7. The highest BCUT2D eigenvalue weighted by Gasteiger charge is 2.32. The lowest BCUT2D eigenvalue weighted by Crippen LogP contribution is -2.46. The van der Waals surface area contributed by atoms with Crippen LogP contribution in [0.3, 0.4) is 0 Å². The normalized spacial score (nSPS) is 21.7. The molecular formula is C20H28N2O4. The van der Waals surface area contributed by atoms with Crippen molar-refractivity contribution in [2.75, 3.05) is 32.8 Å². The second-order valence-corrected chi connectivity index (χ2v) is 7.27. The van der Waals surface area contributed by atoms with Crippen LogP contribution in [0.2, 0.25) is 0 Å². The maximum atomic E-state index is 11.8. The molecule has 1 unspecified atom stereocenters. The molecule has 1 amide bonds. The number of carboxylic acids is 1. The van der Waals surface area contributed by atoms with Gasteiger partial charge in [-0.15, -0.1) is 0 Å². The number of piperidine rings is 1. The molecule has 2 heterocycles. The quantitative estimate of drug-likeness (QED) is 0.874. The van der Waals surface area contributed by atoms with Gasteiger partial charge in [0.2, 0.25) is 0 Å². The molecule has 3 rings (SSSR count). The molecule has 2 aliphatic rings. The summed E-state index contributed by atoms with van der Waals surface area (Å²) in [6, 6.07) is 7.80.